The van der Waals surface area contributed by atoms with E-state index >= 15 is 0 Å². The number of esters is 1. The molecule has 0 aliphatic heterocycles. The Hall–Kier alpha value is -1.82. The van der Waals surface area contributed by atoms with Crippen molar-refractivity contribution in [3.8, 4) is 0 Å². The van der Waals surface area contributed by atoms with Gasteiger partial charge >= 0.3 is 5.97 Å². The van der Waals surface area contributed by atoms with E-state index < -0.39 is 5.97 Å². The second-order valence-corrected chi connectivity index (χ2v) is 3.61. The molecule has 17 heavy (non-hydrogen) atoms. The third kappa shape index (κ3) is 3.60. The molecule has 0 saturated carbocycles. The first-order chi connectivity index (χ1) is 8.08. The van der Waals surface area contributed by atoms with Crippen molar-refractivity contribution >= 4 is 11.9 Å². The zero-order chi connectivity index (χ0) is 12.8. The summed E-state index contributed by atoms with van der Waals surface area (Å²) >= 11 is 0. The molecular formula is C11H16N2O4. The summed E-state index contributed by atoms with van der Waals surface area (Å²) in [5.41, 5.74) is 5.36. The quantitative estimate of drug-likeness (QED) is 0.721. The molecule has 1 amide bonds. The number of hydrogen-bond donors (Lipinski definition) is 2. The van der Waals surface area contributed by atoms with Gasteiger partial charge in [-0.3, -0.25) is 4.79 Å². The predicted octanol–water partition coefficient (Wildman–Crippen LogP) is 0.277. The van der Waals surface area contributed by atoms with Crippen molar-refractivity contribution in [1.82, 2.24) is 5.32 Å². The number of hydrogen-bond acceptors (Lipinski definition) is 5. The monoisotopic (exact) mass is 240 g/mol. The van der Waals surface area contributed by atoms with Gasteiger partial charge in [0.25, 0.3) is 0 Å². The lowest BCUT2D eigenvalue weighted by Crippen LogP contribution is -2.32. The SMILES string of the molecule is COC(=O)c1ccc(CNC(=O)C(C)CN)o1. The van der Waals surface area contributed by atoms with Gasteiger partial charge in [-0.25, -0.2) is 4.79 Å². The smallest absolute Gasteiger partial charge is 0.373 e. The summed E-state index contributed by atoms with van der Waals surface area (Å²) in [6.45, 7) is 2.24. The summed E-state index contributed by atoms with van der Waals surface area (Å²) in [5, 5.41) is 2.66. The van der Waals surface area contributed by atoms with E-state index in [0.29, 0.717) is 5.76 Å². The van der Waals surface area contributed by atoms with Crippen LogP contribution in [0.3, 0.4) is 0 Å². The molecule has 0 radical (unpaired) electrons. The minimum atomic E-state index is -0.544. The van der Waals surface area contributed by atoms with Crippen molar-refractivity contribution in [1.29, 1.82) is 0 Å². The molecule has 6 nitrogen and oxygen atoms in total. The molecule has 0 fully saturated rings. The molecule has 1 unspecified atom stereocenters. The molecule has 3 N–H and O–H groups in total. The average Bonchev–Trinajstić information content (AvgIpc) is 2.82. The van der Waals surface area contributed by atoms with E-state index in [1.54, 1.807) is 13.0 Å². The third-order valence-electron chi connectivity index (χ3n) is 2.29. The normalized spacial score (nSPS) is 11.9. The van der Waals surface area contributed by atoms with Crippen LogP contribution in [0.2, 0.25) is 0 Å². The molecule has 0 bridgehead atoms. The van der Waals surface area contributed by atoms with E-state index in [2.05, 4.69) is 10.1 Å². The van der Waals surface area contributed by atoms with E-state index in [1.807, 2.05) is 0 Å². The fourth-order valence-electron chi connectivity index (χ4n) is 1.14. The summed E-state index contributed by atoms with van der Waals surface area (Å²) in [6.07, 6.45) is 0. The van der Waals surface area contributed by atoms with Gasteiger partial charge in [0.05, 0.1) is 13.7 Å². The topological polar surface area (TPSA) is 94.6 Å². The van der Waals surface area contributed by atoms with Gasteiger partial charge in [0.15, 0.2) is 0 Å². The first kappa shape index (κ1) is 13.2. The molecule has 0 spiro atoms. The van der Waals surface area contributed by atoms with Gasteiger partial charge in [0.1, 0.15) is 5.76 Å². The number of methoxy groups -OCH3 is 1. The van der Waals surface area contributed by atoms with Crippen LogP contribution in [0.15, 0.2) is 16.5 Å². The zero-order valence-electron chi connectivity index (χ0n) is 9.86. The average molecular weight is 240 g/mol. The van der Waals surface area contributed by atoms with Crippen LogP contribution in [0.4, 0.5) is 0 Å². The summed E-state index contributed by atoms with van der Waals surface area (Å²) < 4.78 is 9.67. The highest BCUT2D eigenvalue weighted by atomic mass is 16.5. The largest absolute Gasteiger partial charge is 0.463 e. The summed E-state index contributed by atoms with van der Waals surface area (Å²) in [5.74, 6) is -0.335. The second-order valence-electron chi connectivity index (χ2n) is 3.61. The van der Waals surface area contributed by atoms with E-state index in [4.69, 9.17) is 10.2 Å². The molecule has 1 rings (SSSR count). The molecule has 1 atom stereocenters. The van der Waals surface area contributed by atoms with Crippen LogP contribution in [0, 0.1) is 5.92 Å². The Morgan fingerprint density at radius 3 is 2.82 bits per heavy atom. The predicted molar refractivity (Wildman–Crippen MR) is 60.1 cm³/mol. The van der Waals surface area contributed by atoms with E-state index in [-0.39, 0.29) is 30.7 Å². The van der Waals surface area contributed by atoms with Gasteiger partial charge in [-0.2, -0.15) is 0 Å². The Labute approximate surface area is 99.1 Å². The number of carbonyl (C=O) groups is 2. The third-order valence-corrected chi connectivity index (χ3v) is 2.29. The first-order valence-corrected chi connectivity index (χ1v) is 5.23. The van der Waals surface area contributed by atoms with Crippen molar-refractivity contribution in [2.24, 2.45) is 11.7 Å². The Morgan fingerprint density at radius 1 is 1.53 bits per heavy atom. The summed E-state index contributed by atoms with van der Waals surface area (Å²) in [7, 11) is 1.27. The highest BCUT2D eigenvalue weighted by Crippen LogP contribution is 2.08. The fraction of sp³-hybridized carbons (Fsp3) is 0.455. The molecule has 1 aromatic rings. The summed E-state index contributed by atoms with van der Waals surface area (Å²) in [4.78, 5) is 22.5. The Morgan fingerprint density at radius 2 is 2.24 bits per heavy atom. The maximum Gasteiger partial charge on any atom is 0.373 e. The molecule has 1 heterocycles. The number of amides is 1. The van der Waals surface area contributed by atoms with Crippen molar-refractivity contribution < 1.29 is 18.7 Å². The van der Waals surface area contributed by atoms with E-state index in [0.717, 1.165) is 0 Å². The van der Waals surface area contributed by atoms with Gasteiger partial charge < -0.3 is 20.2 Å². The summed E-state index contributed by atoms with van der Waals surface area (Å²) in [6, 6.07) is 3.11. The minimum absolute atomic E-state index is 0.114. The van der Waals surface area contributed by atoms with Crippen molar-refractivity contribution in [2.75, 3.05) is 13.7 Å². The van der Waals surface area contributed by atoms with Crippen LogP contribution >= 0.6 is 0 Å². The maximum absolute atomic E-state index is 11.4. The lowest BCUT2D eigenvalue weighted by molar-refractivity contribution is -0.124. The molecule has 1 aromatic heterocycles. The van der Waals surface area contributed by atoms with Crippen molar-refractivity contribution in [3.05, 3.63) is 23.7 Å². The molecule has 0 saturated heterocycles. The lowest BCUT2D eigenvalue weighted by atomic mass is 10.2. The Bertz CT molecular complexity index is 400. The minimum Gasteiger partial charge on any atom is -0.463 e. The number of carbonyl (C=O) groups excluding carboxylic acids is 2. The lowest BCUT2D eigenvalue weighted by Gasteiger charge is -2.08. The van der Waals surface area contributed by atoms with Crippen LogP contribution in [-0.2, 0) is 16.1 Å². The van der Waals surface area contributed by atoms with Crippen molar-refractivity contribution in [3.63, 3.8) is 0 Å². The van der Waals surface area contributed by atoms with Crippen LogP contribution in [0.1, 0.15) is 23.2 Å². The molecule has 6 heteroatoms. The van der Waals surface area contributed by atoms with E-state index in [9.17, 15) is 9.59 Å². The van der Waals surface area contributed by atoms with Gasteiger partial charge in [0.2, 0.25) is 11.7 Å². The van der Waals surface area contributed by atoms with Crippen LogP contribution < -0.4 is 11.1 Å². The number of nitrogens with one attached hydrogen (secondary N) is 1. The van der Waals surface area contributed by atoms with Crippen molar-refractivity contribution in [2.45, 2.75) is 13.5 Å². The Kier molecular flexibility index (Phi) is 4.71. The highest BCUT2D eigenvalue weighted by Gasteiger charge is 2.13. The fourth-order valence-corrected chi connectivity index (χ4v) is 1.14. The highest BCUT2D eigenvalue weighted by molar-refractivity contribution is 5.86. The number of nitrogens with two attached hydrogens (primary N) is 1. The molecule has 94 valence electrons. The maximum atomic E-state index is 11.4. The molecular weight excluding hydrogens is 224 g/mol. The molecule has 0 aromatic carbocycles. The van der Waals surface area contributed by atoms with Crippen LogP contribution in [0.5, 0.6) is 0 Å². The van der Waals surface area contributed by atoms with E-state index in [1.165, 1.54) is 13.2 Å². The van der Waals surface area contributed by atoms with Crippen LogP contribution in [-0.4, -0.2) is 25.5 Å². The number of furan rings is 1. The number of rotatable bonds is 5. The standard InChI is InChI=1S/C11H16N2O4/c1-7(5-12)10(14)13-6-8-3-4-9(17-8)11(15)16-2/h3-4,7H,5-6,12H2,1-2H3,(H,13,14). The molecule has 0 aliphatic carbocycles. The van der Waals surface area contributed by atoms with Crippen LogP contribution in [0.25, 0.3) is 0 Å². The zero-order valence-corrected chi connectivity index (χ0v) is 9.86. The van der Waals surface area contributed by atoms with Gasteiger partial charge in [-0.05, 0) is 12.1 Å². The molecule has 0 aliphatic rings. The van der Waals surface area contributed by atoms with Gasteiger partial charge in [-0.15, -0.1) is 0 Å². The Balaban J connectivity index is 2.50. The van der Waals surface area contributed by atoms with Gasteiger partial charge in [0, 0.05) is 12.5 Å². The number of ether oxygens (including phenoxy) is 1. The van der Waals surface area contributed by atoms with Gasteiger partial charge in [-0.1, -0.05) is 6.92 Å². The first-order valence-electron chi connectivity index (χ1n) is 5.23. The second kappa shape index (κ2) is 6.05.